The zero-order valence-corrected chi connectivity index (χ0v) is 16.2. The number of nitrogens with one attached hydrogen (secondary N) is 2. The highest BCUT2D eigenvalue weighted by molar-refractivity contribution is 6.05. The summed E-state index contributed by atoms with van der Waals surface area (Å²) in [6.45, 7) is 11.2. The highest BCUT2D eigenvalue weighted by Gasteiger charge is 2.16. The number of hydrogen-bond donors (Lipinski definition) is 2. The van der Waals surface area contributed by atoms with Gasteiger partial charge in [-0.2, -0.15) is 0 Å². The third-order valence-electron chi connectivity index (χ3n) is 3.75. The van der Waals surface area contributed by atoms with Gasteiger partial charge in [0, 0.05) is 16.9 Å². The molecule has 0 atom stereocenters. The Hall–Kier alpha value is -2.82. The Morgan fingerprint density at radius 3 is 2.15 bits per heavy atom. The van der Waals surface area contributed by atoms with E-state index in [2.05, 4.69) is 10.6 Å². The molecule has 0 bridgehead atoms. The van der Waals surface area contributed by atoms with E-state index in [0.29, 0.717) is 16.9 Å². The minimum atomic E-state index is -0.557. The number of rotatable bonds is 3. The van der Waals surface area contributed by atoms with Gasteiger partial charge in [-0.25, -0.2) is 4.79 Å². The smallest absolute Gasteiger partial charge is 0.412 e. The third-order valence-corrected chi connectivity index (χ3v) is 3.75. The molecule has 0 spiro atoms. The van der Waals surface area contributed by atoms with Gasteiger partial charge in [-0.15, -0.1) is 0 Å². The number of anilines is 2. The largest absolute Gasteiger partial charge is 0.444 e. The first-order valence-electron chi connectivity index (χ1n) is 8.54. The van der Waals surface area contributed by atoms with Crippen LogP contribution in [0.5, 0.6) is 0 Å². The quantitative estimate of drug-likeness (QED) is 0.795. The van der Waals surface area contributed by atoms with Gasteiger partial charge in [-0.1, -0.05) is 17.7 Å². The molecule has 0 aliphatic rings. The van der Waals surface area contributed by atoms with Gasteiger partial charge in [0.05, 0.1) is 0 Å². The maximum absolute atomic E-state index is 12.5. The summed E-state index contributed by atoms with van der Waals surface area (Å²) in [5, 5.41) is 5.62. The number of carbonyl (C=O) groups excluding carboxylic acids is 2. The fourth-order valence-corrected chi connectivity index (χ4v) is 2.56. The normalized spacial score (nSPS) is 11.0. The van der Waals surface area contributed by atoms with Crippen molar-refractivity contribution >= 4 is 23.4 Å². The molecule has 0 radical (unpaired) electrons. The average molecular weight is 354 g/mol. The molecule has 2 aromatic rings. The summed E-state index contributed by atoms with van der Waals surface area (Å²) >= 11 is 0. The molecule has 0 saturated heterocycles. The second kappa shape index (κ2) is 7.60. The summed E-state index contributed by atoms with van der Waals surface area (Å²) in [5.41, 5.74) is 4.30. The molecule has 138 valence electrons. The van der Waals surface area contributed by atoms with Gasteiger partial charge in [-0.05, 0) is 76.9 Å². The number of carbonyl (C=O) groups is 2. The summed E-state index contributed by atoms with van der Waals surface area (Å²) in [7, 11) is 0. The van der Waals surface area contributed by atoms with E-state index in [9.17, 15) is 9.59 Å². The van der Waals surface area contributed by atoms with Crippen molar-refractivity contribution in [3.63, 3.8) is 0 Å². The number of aryl methyl sites for hydroxylation is 3. The van der Waals surface area contributed by atoms with Gasteiger partial charge in [0.2, 0.25) is 0 Å². The van der Waals surface area contributed by atoms with Gasteiger partial charge in [0.15, 0.2) is 0 Å². The first-order chi connectivity index (χ1) is 12.0. The Morgan fingerprint density at radius 1 is 0.885 bits per heavy atom. The van der Waals surface area contributed by atoms with Crippen molar-refractivity contribution in [2.45, 2.75) is 47.1 Å². The SMILES string of the molecule is Cc1ccc(C(=O)Nc2ccc(NC(=O)OC(C)(C)C)cc2C)c(C)c1. The van der Waals surface area contributed by atoms with Gasteiger partial charge >= 0.3 is 6.09 Å². The summed E-state index contributed by atoms with van der Waals surface area (Å²) in [5.74, 6) is -0.154. The van der Waals surface area contributed by atoms with E-state index in [4.69, 9.17) is 4.74 Å². The molecule has 2 rings (SSSR count). The van der Waals surface area contributed by atoms with E-state index in [1.807, 2.05) is 59.7 Å². The molecular weight excluding hydrogens is 328 g/mol. The summed E-state index contributed by atoms with van der Waals surface area (Å²) in [4.78, 5) is 24.4. The van der Waals surface area contributed by atoms with Gasteiger partial charge < -0.3 is 10.1 Å². The average Bonchev–Trinajstić information content (AvgIpc) is 2.47. The fourth-order valence-electron chi connectivity index (χ4n) is 2.56. The lowest BCUT2D eigenvalue weighted by Gasteiger charge is -2.20. The molecule has 0 aliphatic carbocycles. The van der Waals surface area contributed by atoms with E-state index in [1.165, 1.54) is 0 Å². The molecule has 5 heteroatoms. The van der Waals surface area contributed by atoms with Crippen LogP contribution in [0.25, 0.3) is 0 Å². The second-order valence-electron chi connectivity index (χ2n) is 7.43. The van der Waals surface area contributed by atoms with Gasteiger partial charge in [0.1, 0.15) is 5.60 Å². The first kappa shape index (κ1) is 19.5. The Bertz CT molecular complexity index is 836. The lowest BCUT2D eigenvalue weighted by molar-refractivity contribution is 0.0635. The van der Waals surface area contributed by atoms with Crippen molar-refractivity contribution in [2.24, 2.45) is 0 Å². The lowest BCUT2D eigenvalue weighted by atomic mass is 10.0. The molecule has 2 amide bonds. The predicted molar refractivity (Wildman–Crippen MR) is 105 cm³/mol. The van der Waals surface area contributed by atoms with Crippen LogP contribution in [0.3, 0.4) is 0 Å². The van der Waals surface area contributed by atoms with E-state index in [-0.39, 0.29) is 5.91 Å². The molecule has 0 saturated carbocycles. The van der Waals surface area contributed by atoms with Crippen molar-refractivity contribution in [1.29, 1.82) is 0 Å². The van der Waals surface area contributed by atoms with E-state index >= 15 is 0 Å². The van der Waals surface area contributed by atoms with Crippen LogP contribution in [-0.4, -0.2) is 17.6 Å². The molecule has 26 heavy (non-hydrogen) atoms. The van der Waals surface area contributed by atoms with E-state index in [1.54, 1.807) is 18.2 Å². The van der Waals surface area contributed by atoms with Crippen molar-refractivity contribution in [3.05, 3.63) is 58.7 Å². The van der Waals surface area contributed by atoms with Gasteiger partial charge in [-0.3, -0.25) is 10.1 Å². The predicted octanol–water partition coefficient (Wildman–Crippen LogP) is 5.21. The number of amides is 2. The summed E-state index contributed by atoms with van der Waals surface area (Å²) in [6.07, 6.45) is -0.510. The highest BCUT2D eigenvalue weighted by atomic mass is 16.6. The van der Waals surface area contributed by atoms with Crippen LogP contribution in [0.1, 0.15) is 47.8 Å². The van der Waals surface area contributed by atoms with Crippen molar-refractivity contribution in [2.75, 3.05) is 10.6 Å². The molecule has 0 unspecified atom stereocenters. The number of benzene rings is 2. The molecule has 0 aliphatic heterocycles. The van der Waals surface area contributed by atoms with E-state index < -0.39 is 11.7 Å². The molecule has 0 heterocycles. The van der Waals surface area contributed by atoms with E-state index in [0.717, 1.165) is 16.7 Å². The maximum atomic E-state index is 12.5. The molecule has 5 nitrogen and oxygen atoms in total. The van der Waals surface area contributed by atoms with Crippen LogP contribution < -0.4 is 10.6 Å². The van der Waals surface area contributed by atoms with Crippen LogP contribution in [0.15, 0.2) is 36.4 Å². The third kappa shape index (κ3) is 5.34. The molecule has 0 fully saturated rings. The van der Waals surface area contributed by atoms with Crippen LogP contribution in [0.2, 0.25) is 0 Å². The Morgan fingerprint density at radius 2 is 1.58 bits per heavy atom. The van der Waals surface area contributed by atoms with Crippen molar-refractivity contribution in [1.82, 2.24) is 0 Å². The monoisotopic (exact) mass is 354 g/mol. The number of hydrogen-bond acceptors (Lipinski definition) is 3. The summed E-state index contributed by atoms with van der Waals surface area (Å²) in [6, 6.07) is 11.0. The summed E-state index contributed by atoms with van der Waals surface area (Å²) < 4.78 is 5.24. The van der Waals surface area contributed by atoms with Crippen LogP contribution in [0.4, 0.5) is 16.2 Å². The minimum absolute atomic E-state index is 0.154. The topological polar surface area (TPSA) is 67.4 Å². The minimum Gasteiger partial charge on any atom is -0.444 e. The standard InChI is InChI=1S/C21H26N2O3/c1-13-7-9-17(14(2)11-13)19(24)23-18-10-8-16(12-15(18)3)22-20(25)26-21(4,5)6/h7-12H,1-6H3,(H,22,25)(H,23,24). The molecule has 0 aromatic heterocycles. The molecular formula is C21H26N2O3. The van der Waals surface area contributed by atoms with Crippen molar-refractivity contribution < 1.29 is 14.3 Å². The molecule has 2 aromatic carbocycles. The van der Waals surface area contributed by atoms with Gasteiger partial charge in [0.25, 0.3) is 5.91 Å². The highest BCUT2D eigenvalue weighted by Crippen LogP contribution is 2.22. The zero-order chi connectivity index (χ0) is 19.5. The second-order valence-corrected chi connectivity index (χ2v) is 7.43. The molecule has 2 N–H and O–H groups in total. The van der Waals surface area contributed by atoms with Crippen LogP contribution in [0, 0.1) is 20.8 Å². The zero-order valence-electron chi connectivity index (χ0n) is 16.2. The van der Waals surface area contributed by atoms with Crippen LogP contribution in [-0.2, 0) is 4.74 Å². The Kier molecular flexibility index (Phi) is 5.70. The Labute approximate surface area is 154 Å². The maximum Gasteiger partial charge on any atom is 0.412 e. The van der Waals surface area contributed by atoms with Crippen molar-refractivity contribution in [3.8, 4) is 0 Å². The van der Waals surface area contributed by atoms with Crippen LogP contribution >= 0.6 is 0 Å². The fraction of sp³-hybridized carbons (Fsp3) is 0.333. The number of ether oxygens (including phenoxy) is 1. The Balaban J connectivity index is 2.09. The lowest BCUT2D eigenvalue weighted by Crippen LogP contribution is -2.27. The first-order valence-corrected chi connectivity index (χ1v) is 8.54.